The Hall–Kier alpha value is -4.04. The number of halogens is 1. The molecular formula is C22H15ClN4O4. The van der Waals surface area contributed by atoms with Crippen LogP contribution in [-0.2, 0) is 0 Å². The van der Waals surface area contributed by atoms with Gasteiger partial charge in [0.2, 0.25) is 5.75 Å². The molecule has 0 radical (unpaired) electrons. The van der Waals surface area contributed by atoms with E-state index in [1.807, 2.05) is 30.3 Å². The molecule has 0 bridgehead atoms. The number of hydrogen-bond donors (Lipinski definition) is 0. The molecule has 31 heavy (non-hydrogen) atoms. The number of para-hydroxylation sites is 1. The van der Waals surface area contributed by atoms with Gasteiger partial charge in [-0.3, -0.25) is 14.9 Å². The van der Waals surface area contributed by atoms with Gasteiger partial charge in [0.05, 0.1) is 34.2 Å². The van der Waals surface area contributed by atoms with Crippen LogP contribution < -0.4 is 10.3 Å². The lowest BCUT2D eigenvalue weighted by atomic mass is 10.2. The number of nitro benzene ring substituents is 1. The maximum Gasteiger partial charge on any atom is 0.313 e. The molecule has 1 heterocycles. The van der Waals surface area contributed by atoms with Gasteiger partial charge in [-0.15, -0.1) is 0 Å². The molecule has 0 atom stereocenters. The van der Waals surface area contributed by atoms with Crippen molar-refractivity contribution in [3.63, 3.8) is 0 Å². The number of rotatable bonds is 5. The summed E-state index contributed by atoms with van der Waals surface area (Å²) >= 11 is 6.13. The zero-order chi connectivity index (χ0) is 22.0. The maximum absolute atomic E-state index is 13.1. The van der Waals surface area contributed by atoms with Crippen molar-refractivity contribution in [1.82, 2.24) is 9.66 Å². The van der Waals surface area contributed by atoms with E-state index in [4.69, 9.17) is 16.3 Å². The second kappa shape index (κ2) is 8.37. The molecule has 3 aromatic carbocycles. The Morgan fingerprint density at radius 1 is 1.13 bits per heavy atom. The third kappa shape index (κ3) is 3.88. The Morgan fingerprint density at radius 3 is 2.55 bits per heavy atom. The molecule has 154 valence electrons. The molecule has 0 aliphatic heterocycles. The third-order valence-electron chi connectivity index (χ3n) is 4.56. The van der Waals surface area contributed by atoms with Crippen LogP contribution >= 0.6 is 11.6 Å². The van der Waals surface area contributed by atoms with E-state index in [1.165, 1.54) is 30.1 Å². The minimum Gasteiger partial charge on any atom is -0.489 e. The fraction of sp³-hybridized carbons (Fsp3) is 0.0455. The van der Waals surface area contributed by atoms with Crippen LogP contribution in [0.5, 0.6) is 5.75 Å². The molecule has 0 spiro atoms. The number of aromatic nitrogens is 2. The lowest BCUT2D eigenvalue weighted by Crippen LogP contribution is -2.20. The smallest absolute Gasteiger partial charge is 0.313 e. The molecule has 0 fully saturated rings. The molecule has 0 aliphatic carbocycles. The van der Waals surface area contributed by atoms with E-state index >= 15 is 0 Å². The fourth-order valence-corrected chi connectivity index (χ4v) is 3.44. The van der Waals surface area contributed by atoms with Gasteiger partial charge in [-0.1, -0.05) is 54.1 Å². The van der Waals surface area contributed by atoms with Gasteiger partial charge < -0.3 is 4.74 Å². The van der Waals surface area contributed by atoms with Crippen LogP contribution in [0.2, 0.25) is 5.02 Å². The van der Waals surface area contributed by atoms with Crippen molar-refractivity contribution in [2.24, 2.45) is 5.10 Å². The lowest BCUT2D eigenvalue weighted by molar-refractivity contribution is -0.385. The molecule has 0 aliphatic rings. The zero-order valence-corrected chi connectivity index (χ0v) is 17.0. The largest absolute Gasteiger partial charge is 0.489 e. The van der Waals surface area contributed by atoms with E-state index in [0.717, 1.165) is 0 Å². The second-order valence-corrected chi connectivity index (χ2v) is 6.90. The van der Waals surface area contributed by atoms with Crippen molar-refractivity contribution in [3.8, 4) is 17.1 Å². The molecule has 4 aromatic rings. The predicted molar refractivity (Wildman–Crippen MR) is 119 cm³/mol. The highest BCUT2D eigenvalue weighted by Crippen LogP contribution is 2.35. The van der Waals surface area contributed by atoms with Gasteiger partial charge in [0, 0.05) is 17.2 Å². The highest BCUT2D eigenvalue weighted by molar-refractivity contribution is 6.32. The van der Waals surface area contributed by atoms with Crippen molar-refractivity contribution < 1.29 is 9.66 Å². The van der Waals surface area contributed by atoms with Gasteiger partial charge in [-0.05, 0) is 18.2 Å². The van der Waals surface area contributed by atoms with E-state index < -0.39 is 4.92 Å². The lowest BCUT2D eigenvalue weighted by Gasteiger charge is -2.09. The summed E-state index contributed by atoms with van der Waals surface area (Å²) in [6.07, 6.45) is 1.32. The number of fused-ring (bicyclic) bond motifs is 1. The van der Waals surface area contributed by atoms with Gasteiger partial charge >= 0.3 is 5.69 Å². The molecule has 0 saturated heterocycles. The normalized spacial score (nSPS) is 11.2. The molecule has 0 amide bonds. The average Bonchev–Trinajstić information content (AvgIpc) is 2.78. The fourth-order valence-electron chi connectivity index (χ4n) is 3.14. The summed E-state index contributed by atoms with van der Waals surface area (Å²) in [6.45, 7) is 0. The summed E-state index contributed by atoms with van der Waals surface area (Å²) in [5.41, 5.74) is 0.900. The first kappa shape index (κ1) is 20.2. The summed E-state index contributed by atoms with van der Waals surface area (Å²) in [4.78, 5) is 28.5. The Kier molecular flexibility index (Phi) is 5.46. The first-order chi connectivity index (χ1) is 15.0. The number of hydrogen-bond acceptors (Lipinski definition) is 6. The Balaban J connectivity index is 1.91. The monoisotopic (exact) mass is 434 g/mol. The number of benzene rings is 3. The van der Waals surface area contributed by atoms with Gasteiger partial charge in [-0.25, -0.2) is 4.98 Å². The number of nitrogens with zero attached hydrogens (tertiary/aromatic N) is 4. The van der Waals surface area contributed by atoms with E-state index in [9.17, 15) is 14.9 Å². The zero-order valence-electron chi connectivity index (χ0n) is 16.2. The van der Waals surface area contributed by atoms with Crippen LogP contribution in [-0.4, -0.2) is 27.9 Å². The first-order valence-electron chi connectivity index (χ1n) is 9.13. The average molecular weight is 435 g/mol. The van der Waals surface area contributed by atoms with Crippen molar-refractivity contribution in [3.05, 3.63) is 97.8 Å². The Bertz CT molecular complexity index is 1380. The summed E-state index contributed by atoms with van der Waals surface area (Å²) in [6, 6.07) is 18.9. The van der Waals surface area contributed by atoms with Crippen molar-refractivity contribution in [2.45, 2.75) is 0 Å². The van der Waals surface area contributed by atoms with Crippen LogP contribution in [0.1, 0.15) is 5.56 Å². The van der Waals surface area contributed by atoms with Crippen molar-refractivity contribution in [1.29, 1.82) is 0 Å². The summed E-state index contributed by atoms with van der Waals surface area (Å²) < 4.78 is 6.18. The van der Waals surface area contributed by atoms with E-state index in [-0.39, 0.29) is 22.0 Å². The van der Waals surface area contributed by atoms with Crippen molar-refractivity contribution >= 4 is 34.4 Å². The van der Waals surface area contributed by atoms with Gasteiger partial charge in [0.15, 0.2) is 5.82 Å². The molecular weight excluding hydrogens is 420 g/mol. The van der Waals surface area contributed by atoms with Gasteiger partial charge in [0.25, 0.3) is 5.56 Å². The van der Waals surface area contributed by atoms with Crippen LogP contribution in [0.3, 0.4) is 0 Å². The highest BCUT2D eigenvalue weighted by Gasteiger charge is 2.19. The summed E-state index contributed by atoms with van der Waals surface area (Å²) in [5, 5.41) is 16.1. The number of ether oxygens (including phenoxy) is 1. The molecule has 4 rings (SSSR count). The van der Waals surface area contributed by atoms with E-state index in [0.29, 0.717) is 27.9 Å². The van der Waals surface area contributed by atoms with Crippen LogP contribution in [0, 0.1) is 10.1 Å². The molecule has 8 nitrogen and oxygen atoms in total. The predicted octanol–water partition coefficient (Wildman–Crippen LogP) is 4.52. The summed E-state index contributed by atoms with van der Waals surface area (Å²) in [7, 11) is 1.30. The molecule has 9 heteroatoms. The van der Waals surface area contributed by atoms with Crippen LogP contribution in [0.4, 0.5) is 5.69 Å². The van der Waals surface area contributed by atoms with Gasteiger partial charge in [0.1, 0.15) is 0 Å². The maximum atomic E-state index is 13.1. The highest BCUT2D eigenvalue weighted by atomic mass is 35.5. The Morgan fingerprint density at radius 2 is 1.84 bits per heavy atom. The standard InChI is InChI=1S/C22H15ClN4O4/c1-31-20-17(23)11-14(12-19(20)27(29)30)13-24-26-21(15-7-3-2-4-8-15)25-18-10-6-5-9-16(18)22(26)28/h2-13H,1H3. The SMILES string of the molecule is COc1c(Cl)cc(C=Nn2c(-c3ccccc3)nc3ccccc3c2=O)cc1[N+](=O)[O-]. The molecule has 0 N–H and O–H groups in total. The third-order valence-corrected chi connectivity index (χ3v) is 4.84. The van der Waals surface area contributed by atoms with Crippen molar-refractivity contribution in [2.75, 3.05) is 7.11 Å². The first-order valence-corrected chi connectivity index (χ1v) is 9.51. The van der Waals surface area contributed by atoms with Crippen LogP contribution in [0.25, 0.3) is 22.3 Å². The quantitative estimate of drug-likeness (QED) is 0.261. The van der Waals surface area contributed by atoms with Gasteiger partial charge in [-0.2, -0.15) is 9.78 Å². The minimum absolute atomic E-state index is 0.0432. The topological polar surface area (TPSA) is 99.6 Å². The summed E-state index contributed by atoms with van der Waals surface area (Å²) in [5.74, 6) is 0.299. The van der Waals surface area contributed by atoms with E-state index in [2.05, 4.69) is 10.1 Å². The minimum atomic E-state index is -0.596. The number of methoxy groups -OCH3 is 1. The molecule has 0 unspecified atom stereocenters. The molecule has 0 saturated carbocycles. The van der Waals surface area contributed by atoms with E-state index in [1.54, 1.807) is 24.3 Å². The number of nitro groups is 1. The van der Waals surface area contributed by atoms with Crippen LogP contribution in [0.15, 0.2) is 76.6 Å². The molecule has 1 aromatic heterocycles. The second-order valence-electron chi connectivity index (χ2n) is 6.49. The Labute approximate surface area is 181 Å².